The molecule has 0 radical (unpaired) electrons. The normalized spacial score (nSPS) is 11.7. The van der Waals surface area contributed by atoms with Gasteiger partial charge in [-0.2, -0.15) is 18.4 Å². The molecule has 3 rings (SSSR count). The van der Waals surface area contributed by atoms with E-state index in [0.717, 1.165) is 6.08 Å². The van der Waals surface area contributed by atoms with Gasteiger partial charge in [0.15, 0.2) is 0 Å². The van der Waals surface area contributed by atoms with E-state index >= 15 is 0 Å². The van der Waals surface area contributed by atoms with E-state index in [1.807, 2.05) is 0 Å². The van der Waals surface area contributed by atoms with Crippen molar-refractivity contribution < 1.29 is 27.3 Å². The van der Waals surface area contributed by atoms with Crippen molar-refractivity contribution >= 4 is 34.1 Å². The van der Waals surface area contributed by atoms with E-state index in [4.69, 9.17) is 4.42 Å². The number of aromatic nitrogens is 2. The maximum Gasteiger partial charge on any atom is 0.445 e. The van der Waals surface area contributed by atoms with Crippen LogP contribution in [-0.2, 0) is 11.0 Å². The van der Waals surface area contributed by atoms with Gasteiger partial charge in [0, 0.05) is 23.8 Å². The first-order valence-electron chi connectivity index (χ1n) is 7.86. The van der Waals surface area contributed by atoms with E-state index in [1.54, 1.807) is 12.1 Å². The molecule has 0 aliphatic rings. The smallest absolute Gasteiger partial charge is 0.445 e. The van der Waals surface area contributed by atoms with Gasteiger partial charge in [0.05, 0.1) is 4.92 Å². The van der Waals surface area contributed by atoms with E-state index < -0.39 is 32.7 Å². The van der Waals surface area contributed by atoms with Crippen LogP contribution in [0.25, 0.3) is 17.4 Å². The van der Waals surface area contributed by atoms with Gasteiger partial charge < -0.3 is 4.42 Å². The van der Waals surface area contributed by atoms with Crippen LogP contribution in [-0.4, -0.2) is 21.0 Å². The lowest BCUT2D eigenvalue weighted by Crippen LogP contribution is -2.13. The Morgan fingerprint density at radius 2 is 2.07 bits per heavy atom. The second-order valence-corrected chi connectivity index (χ2v) is 6.52. The number of hydrogen-bond donors (Lipinski definition) is 1. The fourth-order valence-corrected chi connectivity index (χ4v) is 2.81. The molecule has 1 amide bonds. The molecule has 0 fully saturated rings. The summed E-state index contributed by atoms with van der Waals surface area (Å²) in [5.74, 6) is -0.672. The third-order valence-corrected chi connectivity index (χ3v) is 4.39. The highest BCUT2D eigenvalue weighted by Gasteiger charge is 2.35. The lowest BCUT2D eigenvalue weighted by Gasteiger charge is -1.99. The zero-order valence-corrected chi connectivity index (χ0v) is 15.3. The van der Waals surface area contributed by atoms with Crippen molar-refractivity contribution in [2.45, 2.75) is 6.18 Å². The number of carbonyl (C=O) groups is 1. The van der Waals surface area contributed by atoms with Crippen LogP contribution < -0.4 is 5.32 Å². The predicted octanol–water partition coefficient (Wildman–Crippen LogP) is 4.27. The zero-order chi connectivity index (χ0) is 21.9. The number of anilines is 1. The van der Waals surface area contributed by atoms with Crippen molar-refractivity contribution in [1.82, 2.24) is 10.2 Å². The molecule has 9 nitrogen and oxygen atoms in total. The Kier molecular flexibility index (Phi) is 5.61. The van der Waals surface area contributed by atoms with Crippen molar-refractivity contribution in [1.29, 1.82) is 5.26 Å². The fraction of sp³-hybridized carbons (Fsp3) is 0.0588. The van der Waals surface area contributed by atoms with Gasteiger partial charge in [0.2, 0.25) is 10.1 Å². The molecule has 0 bridgehead atoms. The summed E-state index contributed by atoms with van der Waals surface area (Å²) in [4.78, 5) is 22.4. The summed E-state index contributed by atoms with van der Waals surface area (Å²) in [6.07, 6.45) is -3.63. The van der Waals surface area contributed by atoms with Gasteiger partial charge in [0.25, 0.3) is 11.6 Å². The van der Waals surface area contributed by atoms with E-state index in [1.165, 1.54) is 30.3 Å². The number of rotatable bonds is 5. The lowest BCUT2D eigenvalue weighted by molar-refractivity contribution is -0.384. The van der Waals surface area contributed by atoms with E-state index in [2.05, 4.69) is 15.5 Å². The number of non-ortho nitro benzene ring substituents is 1. The highest BCUT2D eigenvalue weighted by molar-refractivity contribution is 7.15. The highest BCUT2D eigenvalue weighted by atomic mass is 32.1. The largest absolute Gasteiger partial charge is 0.457 e. The SMILES string of the molecule is N#C/C(=C\c1ccc(-c2cccc([N+](=O)[O-])c2)o1)C(=O)Nc1nnc(C(F)(F)F)s1. The van der Waals surface area contributed by atoms with Crippen molar-refractivity contribution in [2.24, 2.45) is 0 Å². The van der Waals surface area contributed by atoms with Crippen molar-refractivity contribution in [3.8, 4) is 17.4 Å². The Balaban J connectivity index is 1.79. The van der Waals surface area contributed by atoms with Gasteiger partial charge >= 0.3 is 6.18 Å². The number of nitro benzene ring substituents is 1. The summed E-state index contributed by atoms with van der Waals surface area (Å²) in [5, 5.41) is 26.6. The molecule has 1 aromatic carbocycles. The van der Waals surface area contributed by atoms with Crippen LogP contribution in [0.4, 0.5) is 24.0 Å². The first-order chi connectivity index (χ1) is 14.2. The third-order valence-electron chi connectivity index (χ3n) is 3.51. The number of benzene rings is 1. The van der Waals surface area contributed by atoms with Gasteiger partial charge in [-0.25, -0.2) is 0 Å². The number of amides is 1. The van der Waals surface area contributed by atoms with Gasteiger partial charge in [-0.15, -0.1) is 10.2 Å². The zero-order valence-electron chi connectivity index (χ0n) is 14.5. The van der Waals surface area contributed by atoms with E-state index in [-0.39, 0.29) is 28.5 Å². The second-order valence-electron chi connectivity index (χ2n) is 5.54. The molecule has 0 atom stereocenters. The molecular formula is C17H8F3N5O4S. The summed E-state index contributed by atoms with van der Waals surface area (Å²) < 4.78 is 43.1. The van der Waals surface area contributed by atoms with Crippen LogP contribution >= 0.6 is 11.3 Å². The number of furan rings is 1. The molecule has 2 heterocycles. The van der Waals surface area contributed by atoms with E-state index in [0.29, 0.717) is 5.56 Å². The average molecular weight is 435 g/mol. The fourth-order valence-electron chi connectivity index (χ4n) is 2.20. The Morgan fingerprint density at radius 1 is 1.30 bits per heavy atom. The Morgan fingerprint density at radius 3 is 2.70 bits per heavy atom. The Bertz CT molecular complexity index is 1190. The minimum Gasteiger partial charge on any atom is -0.457 e. The van der Waals surface area contributed by atoms with Crippen LogP contribution in [0, 0.1) is 21.4 Å². The number of hydrogen-bond acceptors (Lipinski definition) is 8. The minimum absolute atomic E-state index is 0.0800. The van der Waals surface area contributed by atoms with Gasteiger partial charge in [-0.3, -0.25) is 20.2 Å². The number of alkyl halides is 3. The predicted molar refractivity (Wildman–Crippen MR) is 97.9 cm³/mol. The summed E-state index contributed by atoms with van der Waals surface area (Å²) in [5.41, 5.74) is -0.201. The first kappa shape index (κ1) is 20.7. The molecule has 2 aromatic heterocycles. The van der Waals surface area contributed by atoms with Crippen LogP contribution in [0.5, 0.6) is 0 Å². The average Bonchev–Trinajstić information content (AvgIpc) is 3.35. The summed E-state index contributed by atoms with van der Waals surface area (Å²) in [6, 6.07) is 10.2. The lowest BCUT2D eigenvalue weighted by atomic mass is 10.1. The molecular weight excluding hydrogens is 427 g/mol. The number of nitro groups is 1. The molecule has 0 aliphatic carbocycles. The molecule has 152 valence electrons. The summed E-state index contributed by atoms with van der Waals surface area (Å²) in [6.45, 7) is 0. The van der Waals surface area contributed by atoms with Gasteiger partial charge in [-0.1, -0.05) is 23.5 Å². The molecule has 0 saturated carbocycles. The van der Waals surface area contributed by atoms with Crippen molar-refractivity contribution in [3.63, 3.8) is 0 Å². The number of nitrogens with zero attached hydrogens (tertiary/aromatic N) is 4. The standard InChI is InChI=1S/C17H8F3N5O4S/c18-17(19,20)15-23-24-16(30-15)22-14(26)10(8-21)7-12-4-5-13(29-12)9-2-1-3-11(6-9)25(27)28/h1-7H,(H,22,24,26)/b10-7+. The minimum atomic E-state index is -4.70. The molecule has 13 heteroatoms. The maximum atomic E-state index is 12.5. The Hall–Kier alpha value is -4.05. The van der Waals surface area contributed by atoms with Gasteiger partial charge in [0.1, 0.15) is 23.2 Å². The monoisotopic (exact) mass is 435 g/mol. The van der Waals surface area contributed by atoms with E-state index in [9.17, 15) is 33.3 Å². The van der Waals surface area contributed by atoms with Crippen LogP contribution in [0.1, 0.15) is 10.8 Å². The summed E-state index contributed by atoms with van der Waals surface area (Å²) >= 11 is 0.113. The van der Waals surface area contributed by atoms with Crippen LogP contribution in [0.3, 0.4) is 0 Å². The molecule has 0 unspecified atom stereocenters. The number of carbonyl (C=O) groups excluding carboxylic acids is 1. The second kappa shape index (κ2) is 8.13. The number of nitriles is 1. The Labute approximate surface area is 169 Å². The molecule has 0 aliphatic heterocycles. The first-order valence-corrected chi connectivity index (χ1v) is 8.67. The molecule has 1 N–H and O–H groups in total. The number of nitrogens with one attached hydrogen (secondary N) is 1. The van der Waals surface area contributed by atoms with Gasteiger partial charge in [-0.05, 0) is 12.1 Å². The molecule has 3 aromatic rings. The van der Waals surface area contributed by atoms with Crippen molar-refractivity contribution in [3.05, 3.63) is 62.9 Å². The topological polar surface area (TPSA) is 135 Å². The van der Waals surface area contributed by atoms with Crippen molar-refractivity contribution in [2.75, 3.05) is 5.32 Å². The molecule has 0 spiro atoms. The number of halogens is 3. The van der Waals surface area contributed by atoms with Crippen LogP contribution in [0.15, 0.2) is 46.4 Å². The quantitative estimate of drug-likeness (QED) is 0.274. The molecule has 30 heavy (non-hydrogen) atoms. The third kappa shape index (κ3) is 4.67. The van der Waals surface area contributed by atoms with Crippen LogP contribution in [0.2, 0.25) is 0 Å². The summed E-state index contributed by atoms with van der Waals surface area (Å²) in [7, 11) is 0. The molecule has 0 saturated heterocycles. The highest BCUT2D eigenvalue weighted by Crippen LogP contribution is 2.33. The maximum absolute atomic E-state index is 12.5.